The molecule has 6 nitrogen and oxygen atoms in total. The molecule has 0 saturated carbocycles. The van der Waals surface area contributed by atoms with Gasteiger partial charge in [0.15, 0.2) is 0 Å². The molecular weight excluding hydrogens is 312 g/mol. The fraction of sp³-hybridized carbons (Fsp3) is 0.105. The summed E-state index contributed by atoms with van der Waals surface area (Å²) >= 11 is 0. The Bertz CT molecular complexity index is 1140. The number of pyridine rings is 1. The van der Waals surface area contributed by atoms with E-state index in [0.717, 1.165) is 38.9 Å². The molecule has 6 heteroatoms. The summed E-state index contributed by atoms with van der Waals surface area (Å²) in [5, 5.41) is 14.9. The van der Waals surface area contributed by atoms with Gasteiger partial charge in [-0.05, 0) is 41.6 Å². The van der Waals surface area contributed by atoms with Crippen molar-refractivity contribution in [2.75, 3.05) is 5.73 Å². The van der Waals surface area contributed by atoms with Crippen molar-refractivity contribution in [1.82, 2.24) is 19.7 Å². The van der Waals surface area contributed by atoms with Crippen LogP contribution in [0.3, 0.4) is 0 Å². The molecule has 0 radical (unpaired) electrons. The lowest BCUT2D eigenvalue weighted by Crippen LogP contribution is -2.03. The first-order valence-corrected chi connectivity index (χ1v) is 7.85. The summed E-state index contributed by atoms with van der Waals surface area (Å²) in [5.74, 6) is 0.233. The van der Waals surface area contributed by atoms with Crippen LogP contribution in [0, 0.1) is 18.3 Å². The van der Waals surface area contributed by atoms with E-state index in [0.29, 0.717) is 5.56 Å². The molecule has 122 valence electrons. The molecule has 1 aromatic carbocycles. The lowest BCUT2D eigenvalue weighted by molar-refractivity contribution is 0.768. The van der Waals surface area contributed by atoms with Crippen molar-refractivity contribution in [3.8, 4) is 28.5 Å². The van der Waals surface area contributed by atoms with Crippen LogP contribution in [0.1, 0.15) is 11.1 Å². The fourth-order valence-corrected chi connectivity index (χ4v) is 3.20. The first-order valence-electron chi connectivity index (χ1n) is 7.85. The van der Waals surface area contributed by atoms with Crippen LogP contribution >= 0.6 is 0 Å². The third kappa shape index (κ3) is 2.34. The molecule has 0 spiro atoms. The Morgan fingerprint density at radius 1 is 1.24 bits per heavy atom. The van der Waals surface area contributed by atoms with E-state index in [1.165, 1.54) is 0 Å². The molecule has 0 amide bonds. The number of anilines is 1. The highest BCUT2D eigenvalue weighted by Gasteiger charge is 2.19. The Morgan fingerprint density at radius 2 is 2.08 bits per heavy atom. The Kier molecular flexibility index (Phi) is 3.29. The van der Waals surface area contributed by atoms with Gasteiger partial charge in [-0.25, -0.2) is 4.98 Å². The molecular formula is C19H16N6. The van der Waals surface area contributed by atoms with Gasteiger partial charge < -0.3 is 10.7 Å². The molecule has 3 aromatic heterocycles. The van der Waals surface area contributed by atoms with E-state index < -0.39 is 0 Å². The van der Waals surface area contributed by atoms with Crippen LogP contribution < -0.4 is 5.73 Å². The van der Waals surface area contributed by atoms with Crippen molar-refractivity contribution in [1.29, 1.82) is 5.26 Å². The van der Waals surface area contributed by atoms with Gasteiger partial charge in [0, 0.05) is 36.1 Å². The second-order valence-corrected chi connectivity index (χ2v) is 6.01. The number of hydrogen-bond acceptors (Lipinski definition) is 4. The van der Waals surface area contributed by atoms with Gasteiger partial charge in [-0.2, -0.15) is 10.4 Å². The number of hydrogen-bond donors (Lipinski definition) is 2. The van der Waals surface area contributed by atoms with E-state index in [1.54, 1.807) is 10.9 Å². The number of H-pyrrole nitrogens is 1. The maximum Gasteiger partial charge on any atom is 0.142 e. The average molecular weight is 328 g/mol. The lowest BCUT2D eigenvalue weighted by atomic mass is 9.93. The zero-order valence-corrected chi connectivity index (χ0v) is 13.9. The van der Waals surface area contributed by atoms with Crippen LogP contribution in [0.2, 0.25) is 0 Å². The number of nitrogen functional groups attached to an aromatic ring is 1. The van der Waals surface area contributed by atoms with E-state index in [4.69, 9.17) is 5.73 Å². The van der Waals surface area contributed by atoms with Crippen molar-refractivity contribution in [2.45, 2.75) is 6.92 Å². The van der Waals surface area contributed by atoms with Crippen molar-refractivity contribution in [3.63, 3.8) is 0 Å². The normalized spacial score (nSPS) is 10.9. The number of fused-ring (bicyclic) bond motifs is 1. The number of nitriles is 1. The summed E-state index contributed by atoms with van der Waals surface area (Å²) in [7, 11) is 1.85. The van der Waals surface area contributed by atoms with Gasteiger partial charge in [0.25, 0.3) is 0 Å². The van der Waals surface area contributed by atoms with Crippen LogP contribution in [0.4, 0.5) is 5.82 Å². The van der Waals surface area contributed by atoms with Gasteiger partial charge in [-0.1, -0.05) is 6.07 Å². The summed E-state index contributed by atoms with van der Waals surface area (Å²) in [4.78, 5) is 7.64. The average Bonchev–Trinajstić information content (AvgIpc) is 3.24. The van der Waals surface area contributed by atoms with E-state index in [2.05, 4.69) is 27.2 Å². The zero-order valence-electron chi connectivity index (χ0n) is 13.9. The van der Waals surface area contributed by atoms with Crippen LogP contribution in [-0.4, -0.2) is 19.7 Å². The summed E-state index contributed by atoms with van der Waals surface area (Å²) in [5.41, 5.74) is 11.9. The van der Waals surface area contributed by atoms with Crippen LogP contribution in [-0.2, 0) is 7.05 Å². The largest absolute Gasteiger partial charge is 0.383 e. The van der Waals surface area contributed by atoms with Crippen LogP contribution in [0.5, 0.6) is 0 Å². The molecule has 0 bridgehead atoms. The quantitative estimate of drug-likeness (QED) is 0.589. The second kappa shape index (κ2) is 5.49. The van der Waals surface area contributed by atoms with Gasteiger partial charge in [-0.15, -0.1) is 0 Å². The smallest absolute Gasteiger partial charge is 0.142 e. The van der Waals surface area contributed by atoms with E-state index >= 15 is 0 Å². The van der Waals surface area contributed by atoms with E-state index in [-0.39, 0.29) is 5.82 Å². The number of aromatic nitrogens is 4. The highest BCUT2D eigenvalue weighted by atomic mass is 15.2. The Morgan fingerprint density at radius 3 is 2.80 bits per heavy atom. The molecule has 4 rings (SSSR count). The number of nitrogens with two attached hydrogens (primary N) is 1. The minimum absolute atomic E-state index is 0.233. The summed E-state index contributed by atoms with van der Waals surface area (Å²) in [6.07, 6.45) is 5.54. The van der Waals surface area contributed by atoms with Gasteiger partial charge in [0.2, 0.25) is 0 Å². The zero-order chi connectivity index (χ0) is 17.6. The number of benzene rings is 1. The number of nitrogens with zero attached hydrogens (tertiary/aromatic N) is 4. The molecule has 3 heterocycles. The highest BCUT2D eigenvalue weighted by Crippen LogP contribution is 2.36. The maximum atomic E-state index is 9.63. The number of rotatable bonds is 2. The first kappa shape index (κ1) is 15.0. The number of nitrogens with one attached hydrogen (secondary N) is 1. The molecule has 0 fully saturated rings. The number of aryl methyl sites for hydroxylation is 1. The molecule has 0 aliphatic heterocycles. The predicted molar refractivity (Wildman–Crippen MR) is 97.6 cm³/mol. The van der Waals surface area contributed by atoms with Crippen LogP contribution in [0.25, 0.3) is 33.3 Å². The van der Waals surface area contributed by atoms with Gasteiger partial charge in [0.05, 0.1) is 11.9 Å². The number of aromatic amines is 1. The van der Waals surface area contributed by atoms with Gasteiger partial charge >= 0.3 is 0 Å². The Balaban J connectivity index is 2.02. The van der Waals surface area contributed by atoms with Gasteiger partial charge in [0.1, 0.15) is 17.5 Å². The van der Waals surface area contributed by atoms with Crippen molar-refractivity contribution >= 4 is 16.7 Å². The SMILES string of the molecule is Cc1c(-c2cnn(C)c2)nc(N)c(C#N)c1-c1ccc2[nH]ccc2c1. The molecule has 0 unspecified atom stereocenters. The molecule has 0 aliphatic rings. The van der Waals surface area contributed by atoms with E-state index in [9.17, 15) is 5.26 Å². The predicted octanol–water partition coefficient (Wildman–Crippen LogP) is 3.39. The molecule has 0 atom stereocenters. The minimum Gasteiger partial charge on any atom is -0.383 e. The third-order valence-corrected chi connectivity index (χ3v) is 4.40. The Labute approximate surface area is 144 Å². The van der Waals surface area contributed by atoms with Gasteiger partial charge in [-0.3, -0.25) is 4.68 Å². The topological polar surface area (TPSA) is 96.3 Å². The second-order valence-electron chi connectivity index (χ2n) is 6.01. The minimum atomic E-state index is 0.233. The monoisotopic (exact) mass is 328 g/mol. The molecule has 25 heavy (non-hydrogen) atoms. The standard InChI is InChI=1S/C19H16N6/c1-11-17(13-3-4-16-12(7-13)5-6-22-16)15(8-20)19(21)24-18(11)14-9-23-25(2)10-14/h3-7,9-10,22H,1-2H3,(H2,21,24). The Hall–Kier alpha value is -3.59. The van der Waals surface area contributed by atoms with E-state index in [1.807, 2.05) is 44.6 Å². The third-order valence-electron chi connectivity index (χ3n) is 4.40. The molecule has 0 saturated heterocycles. The molecule has 0 aliphatic carbocycles. The van der Waals surface area contributed by atoms with Crippen LogP contribution in [0.15, 0.2) is 42.9 Å². The molecule has 3 N–H and O–H groups in total. The van der Waals surface area contributed by atoms with Crippen molar-refractivity contribution in [2.24, 2.45) is 7.05 Å². The molecule has 4 aromatic rings. The maximum absolute atomic E-state index is 9.63. The lowest BCUT2D eigenvalue weighted by Gasteiger charge is -2.14. The summed E-state index contributed by atoms with van der Waals surface area (Å²) in [6.45, 7) is 1.96. The first-order chi connectivity index (χ1) is 12.1. The van der Waals surface area contributed by atoms with Crippen molar-refractivity contribution in [3.05, 3.63) is 54.0 Å². The summed E-state index contributed by atoms with van der Waals surface area (Å²) in [6, 6.07) is 10.3. The van der Waals surface area contributed by atoms with Crippen molar-refractivity contribution < 1.29 is 0 Å². The fourth-order valence-electron chi connectivity index (χ4n) is 3.20. The summed E-state index contributed by atoms with van der Waals surface area (Å²) < 4.78 is 1.72. The highest BCUT2D eigenvalue weighted by molar-refractivity contribution is 5.90.